The van der Waals surface area contributed by atoms with Crippen molar-refractivity contribution in [3.8, 4) is 0 Å². The van der Waals surface area contributed by atoms with Crippen LogP contribution >= 0.6 is 0 Å². The quantitative estimate of drug-likeness (QED) is 0.828. The van der Waals surface area contributed by atoms with Gasteiger partial charge in [0.25, 0.3) is 0 Å². The number of aliphatic hydroxyl groups is 1. The average Bonchev–Trinajstić information content (AvgIpc) is 2.43. The van der Waals surface area contributed by atoms with E-state index in [0.29, 0.717) is 24.2 Å². The topological polar surface area (TPSA) is 49.3 Å². The molecule has 0 fully saturated rings. The Hall–Kier alpha value is -1.68. The molecule has 0 radical (unpaired) electrons. The Morgan fingerprint density at radius 2 is 2.00 bits per heavy atom. The van der Waals surface area contributed by atoms with Crippen LogP contribution in [0, 0.1) is 5.82 Å². The average molecular weight is 263 g/mol. The summed E-state index contributed by atoms with van der Waals surface area (Å²) in [5.41, 5.74) is 2.24. The molecular weight excluding hydrogens is 245 g/mol. The summed E-state index contributed by atoms with van der Waals surface area (Å²) in [5, 5.41) is 12.7. The molecule has 0 saturated carbocycles. The van der Waals surface area contributed by atoms with Crippen molar-refractivity contribution >= 4 is 5.78 Å². The number of aliphatic hydroxyl groups excluding tert-OH is 1. The maximum atomic E-state index is 12.8. The number of benzene rings is 1. The third-order valence-corrected chi connectivity index (χ3v) is 3.32. The molecule has 102 valence electrons. The number of nitrogens with one attached hydrogen (secondary N) is 1. The number of rotatable bonds is 6. The van der Waals surface area contributed by atoms with Crippen LogP contribution < -0.4 is 5.32 Å². The largest absolute Gasteiger partial charge is 0.381 e. The Bertz CT molecular complexity index is 493. The first-order valence-electron chi connectivity index (χ1n) is 6.57. The van der Waals surface area contributed by atoms with Crippen molar-refractivity contribution < 1.29 is 14.3 Å². The number of carbonyl (C=O) groups is 1. The highest BCUT2D eigenvalue weighted by Gasteiger charge is 2.36. The van der Waals surface area contributed by atoms with Crippen LogP contribution in [0.25, 0.3) is 0 Å². The van der Waals surface area contributed by atoms with Gasteiger partial charge in [-0.05, 0) is 30.5 Å². The van der Waals surface area contributed by atoms with E-state index in [0.717, 1.165) is 18.4 Å². The summed E-state index contributed by atoms with van der Waals surface area (Å²) in [6.07, 6.45) is 1.65. The van der Waals surface area contributed by atoms with Crippen LogP contribution in [-0.2, 0) is 11.3 Å². The lowest BCUT2D eigenvalue weighted by atomic mass is 9.85. The van der Waals surface area contributed by atoms with Crippen LogP contribution in [0.2, 0.25) is 0 Å². The Morgan fingerprint density at radius 1 is 1.32 bits per heavy atom. The Balaban J connectivity index is 1.99. The molecule has 2 rings (SSSR count). The summed E-state index contributed by atoms with van der Waals surface area (Å²) in [7, 11) is 0. The van der Waals surface area contributed by atoms with Gasteiger partial charge in [0.05, 0.1) is 5.70 Å². The zero-order valence-electron chi connectivity index (χ0n) is 10.9. The first-order valence-corrected chi connectivity index (χ1v) is 6.57. The second-order valence-corrected chi connectivity index (χ2v) is 4.74. The van der Waals surface area contributed by atoms with Gasteiger partial charge in [-0.1, -0.05) is 25.5 Å². The highest BCUT2D eigenvalue weighted by atomic mass is 19.1. The third-order valence-electron chi connectivity index (χ3n) is 3.32. The lowest BCUT2D eigenvalue weighted by molar-refractivity contribution is -0.125. The molecule has 3 nitrogen and oxygen atoms in total. The molecule has 1 aromatic rings. The SMILES string of the molecule is CCCCC1=C(NCc2ccc(F)cc2)C(O)C1=O. The van der Waals surface area contributed by atoms with Crippen molar-refractivity contribution in [1.82, 2.24) is 5.32 Å². The summed E-state index contributed by atoms with van der Waals surface area (Å²) in [6, 6.07) is 6.15. The molecule has 1 aromatic carbocycles. The summed E-state index contributed by atoms with van der Waals surface area (Å²) in [5.74, 6) is -0.444. The minimum Gasteiger partial charge on any atom is -0.381 e. The van der Waals surface area contributed by atoms with Gasteiger partial charge in [0.2, 0.25) is 0 Å². The van der Waals surface area contributed by atoms with E-state index in [-0.39, 0.29) is 11.6 Å². The number of ketones is 1. The van der Waals surface area contributed by atoms with E-state index in [9.17, 15) is 14.3 Å². The van der Waals surface area contributed by atoms with Crippen molar-refractivity contribution in [2.75, 3.05) is 0 Å². The van der Waals surface area contributed by atoms with Crippen LogP contribution in [0.5, 0.6) is 0 Å². The van der Waals surface area contributed by atoms with Gasteiger partial charge in [-0.25, -0.2) is 4.39 Å². The van der Waals surface area contributed by atoms with Gasteiger partial charge >= 0.3 is 0 Å². The lowest BCUT2D eigenvalue weighted by Gasteiger charge is -2.29. The first kappa shape index (κ1) is 13.7. The fraction of sp³-hybridized carbons (Fsp3) is 0.400. The molecule has 4 heteroatoms. The highest BCUT2D eigenvalue weighted by molar-refractivity contribution is 6.08. The van der Waals surface area contributed by atoms with E-state index in [1.54, 1.807) is 12.1 Å². The van der Waals surface area contributed by atoms with Gasteiger partial charge in [-0.2, -0.15) is 0 Å². The molecule has 0 spiro atoms. The Kier molecular flexibility index (Phi) is 4.32. The fourth-order valence-electron chi connectivity index (χ4n) is 2.13. The number of hydrogen-bond donors (Lipinski definition) is 2. The zero-order chi connectivity index (χ0) is 13.8. The van der Waals surface area contributed by atoms with Gasteiger partial charge in [-0.3, -0.25) is 4.79 Å². The predicted molar refractivity (Wildman–Crippen MR) is 70.8 cm³/mol. The number of unbranched alkanes of at least 4 members (excludes halogenated alkanes) is 1. The van der Waals surface area contributed by atoms with Crippen LogP contribution in [0.3, 0.4) is 0 Å². The molecule has 0 aromatic heterocycles. The van der Waals surface area contributed by atoms with Crippen molar-refractivity contribution in [2.45, 2.75) is 38.8 Å². The van der Waals surface area contributed by atoms with E-state index in [1.807, 2.05) is 0 Å². The van der Waals surface area contributed by atoms with Crippen molar-refractivity contribution in [2.24, 2.45) is 0 Å². The Morgan fingerprint density at radius 3 is 2.63 bits per heavy atom. The third kappa shape index (κ3) is 3.01. The zero-order valence-corrected chi connectivity index (χ0v) is 10.9. The summed E-state index contributed by atoms with van der Waals surface area (Å²) in [4.78, 5) is 11.5. The minimum atomic E-state index is -1.01. The maximum Gasteiger partial charge on any atom is 0.195 e. The molecule has 0 bridgehead atoms. The number of carbonyl (C=O) groups excluding carboxylic acids is 1. The second-order valence-electron chi connectivity index (χ2n) is 4.74. The number of halogens is 1. The molecular formula is C15H18FNO2. The normalized spacial score (nSPS) is 18.5. The van der Waals surface area contributed by atoms with Crippen molar-refractivity contribution in [3.05, 3.63) is 46.9 Å². The second kappa shape index (κ2) is 5.97. The summed E-state index contributed by atoms with van der Waals surface area (Å²) >= 11 is 0. The van der Waals surface area contributed by atoms with Gasteiger partial charge in [0.1, 0.15) is 5.82 Å². The molecule has 0 aliphatic heterocycles. The van der Waals surface area contributed by atoms with Crippen LogP contribution in [0.15, 0.2) is 35.5 Å². The summed E-state index contributed by atoms with van der Waals surface area (Å²) < 4.78 is 12.8. The molecule has 19 heavy (non-hydrogen) atoms. The van der Waals surface area contributed by atoms with E-state index in [2.05, 4.69) is 12.2 Å². The maximum absolute atomic E-state index is 12.8. The van der Waals surface area contributed by atoms with Gasteiger partial charge in [0.15, 0.2) is 11.9 Å². The molecule has 0 amide bonds. The predicted octanol–water partition coefficient (Wildman–Crippen LogP) is 2.30. The molecule has 1 atom stereocenters. The standard InChI is InChI=1S/C15H18FNO2/c1-2-3-4-12-13(15(19)14(12)18)17-9-10-5-7-11(16)8-6-10/h5-8,15,17,19H,2-4,9H2,1H3. The molecule has 1 unspecified atom stereocenters. The number of hydrogen-bond acceptors (Lipinski definition) is 3. The van der Waals surface area contributed by atoms with E-state index in [1.165, 1.54) is 12.1 Å². The van der Waals surface area contributed by atoms with Crippen molar-refractivity contribution in [3.63, 3.8) is 0 Å². The Labute approximate surface area is 112 Å². The minimum absolute atomic E-state index is 0.171. The van der Waals surface area contributed by atoms with Gasteiger partial charge < -0.3 is 10.4 Å². The molecule has 1 aliphatic rings. The highest BCUT2D eigenvalue weighted by Crippen LogP contribution is 2.27. The number of Topliss-reactive ketones (excluding diaryl/α,β-unsaturated/α-hetero) is 1. The molecule has 1 aliphatic carbocycles. The molecule has 0 heterocycles. The smallest absolute Gasteiger partial charge is 0.195 e. The lowest BCUT2D eigenvalue weighted by Crippen LogP contribution is -2.43. The summed E-state index contributed by atoms with van der Waals surface area (Å²) in [6.45, 7) is 2.54. The monoisotopic (exact) mass is 263 g/mol. The molecule has 0 saturated heterocycles. The van der Waals surface area contributed by atoms with E-state index < -0.39 is 6.10 Å². The van der Waals surface area contributed by atoms with Gasteiger partial charge in [0, 0.05) is 12.1 Å². The molecule has 2 N–H and O–H groups in total. The van der Waals surface area contributed by atoms with E-state index in [4.69, 9.17) is 0 Å². The van der Waals surface area contributed by atoms with E-state index >= 15 is 0 Å². The fourth-order valence-corrected chi connectivity index (χ4v) is 2.13. The van der Waals surface area contributed by atoms with Gasteiger partial charge in [-0.15, -0.1) is 0 Å². The van der Waals surface area contributed by atoms with Crippen LogP contribution in [0.1, 0.15) is 31.7 Å². The van der Waals surface area contributed by atoms with Crippen molar-refractivity contribution in [1.29, 1.82) is 0 Å². The van der Waals surface area contributed by atoms with Crippen LogP contribution in [0.4, 0.5) is 4.39 Å². The first-order chi connectivity index (χ1) is 9.13. The van der Waals surface area contributed by atoms with Crippen LogP contribution in [-0.4, -0.2) is 17.0 Å².